The summed E-state index contributed by atoms with van der Waals surface area (Å²) >= 11 is 6.26. The van der Waals surface area contributed by atoms with E-state index in [1.54, 1.807) is 6.07 Å². The van der Waals surface area contributed by atoms with Crippen LogP contribution in [0.1, 0.15) is 22.6 Å². The van der Waals surface area contributed by atoms with E-state index in [1.807, 2.05) is 42.5 Å². The molecule has 0 radical (unpaired) electrons. The highest BCUT2D eigenvalue weighted by atomic mass is 35.5. The van der Waals surface area contributed by atoms with Gasteiger partial charge in [0.25, 0.3) is 0 Å². The SMILES string of the molecule is O=C(NCC=Cc1cc2c(cc1Cl)OCO2)OCC1c2ccccc2-c2ccccc21. The monoisotopic (exact) mass is 433 g/mol. The number of benzene rings is 3. The van der Waals surface area contributed by atoms with Gasteiger partial charge in [0, 0.05) is 18.5 Å². The van der Waals surface area contributed by atoms with E-state index in [9.17, 15) is 4.79 Å². The van der Waals surface area contributed by atoms with Gasteiger partial charge >= 0.3 is 6.09 Å². The van der Waals surface area contributed by atoms with E-state index in [0.29, 0.717) is 23.1 Å². The highest BCUT2D eigenvalue weighted by Gasteiger charge is 2.28. The van der Waals surface area contributed by atoms with Crippen LogP contribution in [0, 0.1) is 0 Å². The lowest BCUT2D eigenvalue weighted by Crippen LogP contribution is -2.26. The second kappa shape index (κ2) is 8.36. The zero-order valence-corrected chi connectivity index (χ0v) is 17.4. The molecule has 5 nitrogen and oxygen atoms in total. The van der Waals surface area contributed by atoms with Crippen molar-refractivity contribution in [3.05, 3.63) is 88.5 Å². The van der Waals surface area contributed by atoms with E-state index >= 15 is 0 Å². The van der Waals surface area contributed by atoms with Gasteiger partial charge in [-0.2, -0.15) is 0 Å². The van der Waals surface area contributed by atoms with Crippen LogP contribution in [-0.2, 0) is 4.74 Å². The van der Waals surface area contributed by atoms with Crippen LogP contribution >= 0.6 is 11.6 Å². The minimum Gasteiger partial charge on any atom is -0.454 e. The zero-order valence-electron chi connectivity index (χ0n) is 16.6. The molecule has 0 fully saturated rings. The van der Waals surface area contributed by atoms with Crippen LogP contribution in [0.25, 0.3) is 17.2 Å². The molecular formula is C25H20ClNO4. The van der Waals surface area contributed by atoms with E-state index in [-0.39, 0.29) is 19.3 Å². The number of halogens is 1. The summed E-state index contributed by atoms with van der Waals surface area (Å²) in [5, 5.41) is 3.31. The highest BCUT2D eigenvalue weighted by molar-refractivity contribution is 6.32. The topological polar surface area (TPSA) is 56.8 Å². The maximum absolute atomic E-state index is 12.2. The molecule has 0 atom stereocenters. The summed E-state index contributed by atoms with van der Waals surface area (Å²) in [5.74, 6) is 1.34. The van der Waals surface area contributed by atoms with Crippen LogP contribution in [0.3, 0.4) is 0 Å². The minimum absolute atomic E-state index is 0.0427. The number of fused-ring (bicyclic) bond motifs is 4. The van der Waals surface area contributed by atoms with Gasteiger partial charge in [0.2, 0.25) is 6.79 Å². The van der Waals surface area contributed by atoms with Crippen molar-refractivity contribution in [2.24, 2.45) is 0 Å². The summed E-state index contributed by atoms with van der Waals surface area (Å²) in [6.07, 6.45) is 3.18. The molecule has 0 spiro atoms. The van der Waals surface area contributed by atoms with Crippen LogP contribution in [-0.4, -0.2) is 26.0 Å². The number of amides is 1. The van der Waals surface area contributed by atoms with E-state index in [1.165, 1.54) is 22.3 Å². The first-order chi connectivity index (χ1) is 15.2. The van der Waals surface area contributed by atoms with Gasteiger partial charge in [-0.05, 0) is 33.9 Å². The lowest BCUT2D eigenvalue weighted by molar-refractivity contribution is 0.144. The maximum Gasteiger partial charge on any atom is 0.407 e. The van der Waals surface area contributed by atoms with Crippen LogP contribution in [0.5, 0.6) is 11.5 Å². The van der Waals surface area contributed by atoms with Gasteiger partial charge in [-0.15, -0.1) is 0 Å². The molecule has 0 saturated heterocycles. The number of hydrogen-bond donors (Lipinski definition) is 1. The summed E-state index contributed by atoms with van der Waals surface area (Å²) in [7, 11) is 0. The van der Waals surface area contributed by atoms with Crippen LogP contribution in [0.4, 0.5) is 4.79 Å². The standard InChI is InChI=1S/C25H20ClNO4/c26-22-13-24-23(30-15-31-24)12-16(22)6-5-11-27-25(28)29-14-21-19-9-3-1-7-17(19)18-8-2-4-10-20(18)21/h1-10,12-13,21H,11,14-15H2,(H,27,28). The Bertz CT molecular complexity index is 1130. The molecule has 156 valence electrons. The summed E-state index contributed by atoms with van der Waals surface area (Å²) in [4.78, 5) is 12.2. The Balaban J connectivity index is 1.18. The lowest BCUT2D eigenvalue weighted by Gasteiger charge is -2.14. The fourth-order valence-electron chi connectivity index (χ4n) is 4.04. The first-order valence-electron chi connectivity index (χ1n) is 10.1. The van der Waals surface area contributed by atoms with Crippen molar-refractivity contribution in [1.82, 2.24) is 5.32 Å². The molecule has 1 amide bonds. The number of nitrogens with one attached hydrogen (secondary N) is 1. The Kier molecular flexibility index (Phi) is 5.26. The van der Waals surface area contributed by atoms with Crippen molar-refractivity contribution in [1.29, 1.82) is 0 Å². The molecule has 1 aliphatic heterocycles. The number of carbonyl (C=O) groups is 1. The molecule has 5 rings (SSSR count). The van der Waals surface area contributed by atoms with Crippen LogP contribution in [0.2, 0.25) is 5.02 Å². The van der Waals surface area contributed by atoms with Crippen molar-refractivity contribution in [2.45, 2.75) is 5.92 Å². The fraction of sp³-hybridized carbons (Fsp3) is 0.160. The summed E-state index contributed by atoms with van der Waals surface area (Å²) < 4.78 is 16.2. The zero-order chi connectivity index (χ0) is 21.2. The van der Waals surface area contributed by atoms with Gasteiger partial charge in [-0.25, -0.2) is 4.79 Å². The number of ether oxygens (including phenoxy) is 3. The second-order valence-electron chi connectivity index (χ2n) is 7.34. The molecule has 1 aliphatic carbocycles. The number of rotatable bonds is 5. The van der Waals surface area contributed by atoms with Crippen molar-refractivity contribution in [3.63, 3.8) is 0 Å². The van der Waals surface area contributed by atoms with Crippen molar-refractivity contribution < 1.29 is 19.0 Å². The first-order valence-corrected chi connectivity index (χ1v) is 10.4. The molecule has 1 N–H and O–H groups in total. The van der Waals surface area contributed by atoms with E-state index in [2.05, 4.69) is 29.6 Å². The fourth-order valence-corrected chi connectivity index (χ4v) is 4.25. The molecule has 2 aliphatic rings. The normalized spacial score (nSPS) is 13.8. The van der Waals surface area contributed by atoms with Gasteiger partial charge in [0.1, 0.15) is 6.61 Å². The smallest absolute Gasteiger partial charge is 0.407 e. The van der Waals surface area contributed by atoms with E-state index in [0.717, 1.165) is 5.56 Å². The molecule has 0 aromatic heterocycles. The third kappa shape index (κ3) is 3.84. The summed E-state index contributed by atoms with van der Waals surface area (Å²) in [6.45, 7) is 0.807. The minimum atomic E-state index is -0.455. The Labute approximate surface area is 185 Å². The van der Waals surface area contributed by atoms with E-state index in [4.69, 9.17) is 25.8 Å². The molecule has 0 unspecified atom stereocenters. The molecular weight excluding hydrogens is 414 g/mol. The Morgan fingerprint density at radius 2 is 1.68 bits per heavy atom. The van der Waals surface area contributed by atoms with Crippen LogP contribution < -0.4 is 14.8 Å². The second-order valence-corrected chi connectivity index (χ2v) is 7.74. The van der Waals surface area contributed by atoms with Gasteiger partial charge in [-0.3, -0.25) is 0 Å². The first kappa shape index (κ1) is 19.5. The van der Waals surface area contributed by atoms with E-state index < -0.39 is 6.09 Å². The van der Waals surface area contributed by atoms with Gasteiger partial charge in [0.15, 0.2) is 11.5 Å². The highest BCUT2D eigenvalue weighted by Crippen LogP contribution is 2.44. The van der Waals surface area contributed by atoms with Gasteiger partial charge < -0.3 is 19.5 Å². The molecule has 3 aromatic carbocycles. The molecule has 1 heterocycles. The number of carbonyl (C=O) groups excluding carboxylic acids is 1. The largest absolute Gasteiger partial charge is 0.454 e. The maximum atomic E-state index is 12.2. The molecule has 0 saturated carbocycles. The quantitative estimate of drug-likeness (QED) is 0.567. The van der Waals surface area contributed by atoms with Gasteiger partial charge in [0.05, 0.1) is 5.02 Å². The lowest BCUT2D eigenvalue weighted by atomic mass is 9.98. The Morgan fingerprint density at radius 3 is 2.39 bits per heavy atom. The third-order valence-electron chi connectivity index (χ3n) is 5.50. The predicted molar refractivity (Wildman–Crippen MR) is 120 cm³/mol. The predicted octanol–water partition coefficient (Wildman–Crippen LogP) is 5.62. The van der Waals surface area contributed by atoms with Crippen molar-refractivity contribution >= 4 is 23.8 Å². The molecule has 31 heavy (non-hydrogen) atoms. The molecule has 6 heteroatoms. The summed E-state index contributed by atoms with van der Waals surface area (Å²) in [6, 6.07) is 20.1. The Hall–Kier alpha value is -3.44. The average Bonchev–Trinajstić information content (AvgIpc) is 3.37. The average molecular weight is 434 g/mol. The van der Waals surface area contributed by atoms with Crippen molar-refractivity contribution in [3.8, 4) is 22.6 Å². The number of hydrogen-bond acceptors (Lipinski definition) is 4. The number of alkyl carbamates (subject to hydrolysis) is 1. The molecule has 0 bridgehead atoms. The third-order valence-corrected chi connectivity index (χ3v) is 5.82. The van der Waals surface area contributed by atoms with Crippen LogP contribution in [0.15, 0.2) is 66.7 Å². The molecule has 3 aromatic rings. The summed E-state index contributed by atoms with van der Waals surface area (Å²) in [5.41, 5.74) is 5.58. The van der Waals surface area contributed by atoms with Crippen molar-refractivity contribution in [2.75, 3.05) is 19.9 Å². The van der Waals surface area contributed by atoms with Gasteiger partial charge in [-0.1, -0.05) is 72.3 Å². The Morgan fingerprint density at radius 1 is 1.03 bits per heavy atom.